The van der Waals surface area contributed by atoms with Crippen molar-refractivity contribution in [3.05, 3.63) is 36.4 Å². The number of hydrogen-bond acceptors (Lipinski definition) is 7. The second-order valence-electron chi connectivity index (χ2n) is 5.01. The highest BCUT2D eigenvalue weighted by atomic mass is 16.3. The van der Waals surface area contributed by atoms with Gasteiger partial charge in [0.25, 0.3) is 0 Å². The van der Waals surface area contributed by atoms with Crippen LogP contribution in [0.3, 0.4) is 0 Å². The Morgan fingerprint density at radius 3 is 1.39 bits per heavy atom. The highest BCUT2D eigenvalue weighted by molar-refractivity contribution is 5.54. The topological polar surface area (TPSA) is 117 Å². The van der Waals surface area contributed by atoms with E-state index < -0.39 is 0 Å². The predicted molar refractivity (Wildman–Crippen MR) is 89.4 cm³/mol. The fraction of sp³-hybridized carbons (Fsp3) is 0.250. The molecule has 0 amide bonds. The Bertz CT molecular complexity index is 594. The van der Waals surface area contributed by atoms with E-state index in [4.69, 9.17) is 0 Å². The van der Waals surface area contributed by atoms with E-state index in [0.29, 0.717) is 13.1 Å². The molecule has 0 heterocycles. The van der Waals surface area contributed by atoms with Crippen LogP contribution in [-0.2, 0) is 0 Å². The number of phenols is 4. The fourth-order valence-corrected chi connectivity index (χ4v) is 1.98. The van der Waals surface area contributed by atoms with Crippen LogP contribution in [-0.4, -0.2) is 46.6 Å². The maximum atomic E-state index is 9.37. The third-order valence-electron chi connectivity index (χ3n) is 3.21. The van der Waals surface area contributed by atoms with Gasteiger partial charge in [0.15, 0.2) is 23.0 Å². The largest absolute Gasteiger partial charge is 0.504 e. The van der Waals surface area contributed by atoms with E-state index in [1.165, 1.54) is 24.3 Å². The van der Waals surface area contributed by atoms with Gasteiger partial charge in [0.05, 0.1) is 0 Å². The Hall–Kier alpha value is -2.80. The molecule has 2 rings (SSSR count). The Morgan fingerprint density at radius 2 is 1.00 bits per heavy atom. The second kappa shape index (κ2) is 8.00. The van der Waals surface area contributed by atoms with E-state index >= 15 is 0 Å². The molecule has 0 bridgehead atoms. The zero-order valence-electron chi connectivity index (χ0n) is 12.6. The van der Waals surface area contributed by atoms with Crippen molar-refractivity contribution in [2.24, 2.45) is 0 Å². The molecule has 0 spiro atoms. The van der Waals surface area contributed by atoms with Crippen molar-refractivity contribution in [2.45, 2.75) is 0 Å². The van der Waals surface area contributed by atoms with Crippen LogP contribution in [0.5, 0.6) is 23.0 Å². The number of phenolic OH excluding ortho intramolecular Hbond substituents is 4. The van der Waals surface area contributed by atoms with E-state index in [0.717, 1.165) is 24.5 Å². The molecule has 2 aromatic carbocycles. The smallest absolute Gasteiger partial charge is 0.159 e. The van der Waals surface area contributed by atoms with Crippen molar-refractivity contribution in [3.63, 3.8) is 0 Å². The summed E-state index contributed by atoms with van der Waals surface area (Å²) in [6.45, 7) is 2.79. The first-order chi connectivity index (χ1) is 11.1. The van der Waals surface area contributed by atoms with Crippen molar-refractivity contribution >= 4 is 11.4 Å². The lowest BCUT2D eigenvalue weighted by Crippen LogP contribution is -2.27. The minimum absolute atomic E-state index is 0.139. The molecule has 0 aliphatic carbocycles. The van der Waals surface area contributed by atoms with Gasteiger partial charge in [-0.15, -0.1) is 0 Å². The summed E-state index contributed by atoms with van der Waals surface area (Å²) in [5.74, 6) is -0.575. The maximum Gasteiger partial charge on any atom is 0.159 e. The summed E-state index contributed by atoms with van der Waals surface area (Å²) in [5.41, 5.74) is 1.47. The quantitative estimate of drug-likeness (QED) is 0.224. The van der Waals surface area contributed by atoms with Gasteiger partial charge in [0, 0.05) is 49.7 Å². The van der Waals surface area contributed by atoms with Crippen LogP contribution in [0, 0.1) is 0 Å². The molecular weight excluding hydrogens is 298 g/mol. The van der Waals surface area contributed by atoms with E-state index in [-0.39, 0.29) is 23.0 Å². The Labute approximate surface area is 134 Å². The highest BCUT2D eigenvalue weighted by Crippen LogP contribution is 2.27. The molecule has 0 fully saturated rings. The first kappa shape index (κ1) is 16.6. The Balaban J connectivity index is 1.58. The minimum Gasteiger partial charge on any atom is -0.504 e. The van der Waals surface area contributed by atoms with E-state index in [2.05, 4.69) is 16.0 Å². The lowest BCUT2D eigenvalue weighted by atomic mass is 10.3. The molecule has 0 unspecified atom stereocenters. The van der Waals surface area contributed by atoms with Crippen LogP contribution >= 0.6 is 0 Å². The fourth-order valence-electron chi connectivity index (χ4n) is 1.98. The van der Waals surface area contributed by atoms with Crippen LogP contribution in [0.4, 0.5) is 11.4 Å². The summed E-state index contributed by atoms with van der Waals surface area (Å²) in [7, 11) is 0. The average Bonchev–Trinajstić information content (AvgIpc) is 2.53. The molecule has 2 aromatic rings. The number of nitrogens with one attached hydrogen (secondary N) is 3. The number of anilines is 2. The summed E-state index contributed by atoms with van der Waals surface area (Å²) in [6, 6.07) is 9.17. The normalized spacial score (nSPS) is 10.4. The van der Waals surface area contributed by atoms with Crippen LogP contribution in [0.2, 0.25) is 0 Å². The van der Waals surface area contributed by atoms with Crippen LogP contribution in [0.25, 0.3) is 0 Å². The number of aromatic hydroxyl groups is 4. The molecule has 7 nitrogen and oxygen atoms in total. The molecule has 23 heavy (non-hydrogen) atoms. The molecule has 0 atom stereocenters. The van der Waals surface area contributed by atoms with Gasteiger partial charge in [0.2, 0.25) is 0 Å². The van der Waals surface area contributed by atoms with Gasteiger partial charge in [-0.1, -0.05) is 0 Å². The van der Waals surface area contributed by atoms with Crippen molar-refractivity contribution in [3.8, 4) is 23.0 Å². The molecule has 0 saturated carbocycles. The third-order valence-corrected chi connectivity index (χ3v) is 3.21. The summed E-state index contributed by atoms with van der Waals surface area (Å²) in [6.07, 6.45) is 0. The zero-order valence-corrected chi connectivity index (χ0v) is 12.6. The molecule has 0 aliphatic heterocycles. The summed E-state index contributed by atoms with van der Waals surface area (Å²) < 4.78 is 0. The summed E-state index contributed by atoms with van der Waals surface area (Å²) in [5, 5.41) is 46.6. The maximum absolute atomic E-state index is 9.37. The van der Waals surface area contributed by atoms with Crippen LogP contribution in [0.15, 0.2) is 36.4 Å². The predicted octanol–water partition coefficient (Wildman–Crippen LogP) is 1.62. The van der Waals surface area contributed by atoms with Gasteiger partial charge in [-0.3, -0.25) is 0 Å². The standard InChI is InChI=1S/C16H21N3O4/c20-13-3-1-11(9-15(13)22)18-7-5-17-6-8-19-12-2-4-14(21)16(23)10-12/h1-4,9-10,17-23H,5-8H2. The van der Waals surface area contributed by atoms with Gasteiger partial charge < -0.3 is 36.4 Å². The highest BCUT2D eigenvalue weighted by Gasteiger charge is 2.00. The van der Waals surface area contributed by atoms with Crippen LogP contribution < -0.4 is 16.0 Å². The zero-order chi connectivity index (χ0) is 16.7. The summed E-state index contributed by atoms with van der Waals surface area (Å²) in [4.78, 5) is 0. The van der Waals surface area contributed by atoms with Crippen molar-refractivity contribution in [1.82, 2.24) is 5.32 Å². The van der Waals surface area contributed by atoms with Gasteiger partial charge in [-0.25, -0.2) is 0 Å². The van der Waals surface area contributed by atoms with Gasteiger partial charge in [-0.05, 0) is 24.3 Å². The molecule has 124 valence electrons. The lowest BCUT2D eigenvalue weighted by molar-refractivity contribution is 0.404. The molecule has 0 aliphatic rings. The van der Waals surface area contributed by atoms with Gasteiger partial charge in [-0.2, -0.15) is 0 Å². The van der Waals surface area contributed by atoms with Crippen molar-refractivity contribution in [1.29, 1.82) is 0 Å². The van der Waals surface area contributed by atoms with Gasteiger partial charge in [0.1, 0.15) is 0 Å². The summed E-state index contributed by atoms with van der Waals surface area (Å²) >= 11 is 0. The molecular formula is C16H21N3O4. The van der Waals surface area contributed by atoms with Gasteiger partial charge >= 0.3 is 0 Å². The monoisotopic (exact) mass is 319 g/mol. The Morgan fingerprint density at radius 1 is 0.565 bits per heavy atom. The van der Waals surface area contributed by atoms with Crippen molar-refractivity contribution < 1.29 is 20.4 Å². The third kappa shape index (κ3) is 5.15. The molecule has 0 saturated heterocycles. The lowest BCUT2D eigenvalue weighted by Gasteiger charge is -2.10. The van der Waals surface area contributed by atoms with E-state index in [9.17, 15) is 20.4 Å². The van der Waals surface area contributed by atoms with E-state index in [1.807, 2.05) is 0 Å². The first-order valence-corrected chi connectivity index (χ1v) is 7.28. The molecule has 7 N–H and O–H groups in total. The first-order valence-electron chi connectivity index (χ1n) is 7.28. The average molecular weight is 319 g/mol. The Kier molecular flexibility index (Phi) is 5.76. The van der Waals surface area contributed by atoms with E-state index in [1.54, 1.807) is 12.1 Å². The van der Waals surface area contributed by atoms with Crippen molar-refractivity contribution in [2.75, 3.05) is 36.8 Å². The SMILES string of the molecule is Oc1ccc(NCCNCCNc2ccc(O)c(O)c2)cc1O. The number of benzene rings is 2. The molecule has 0 radical (unpaired) electrons. The molecule has 0 aromatic heterocycles. The number of rotatable bonds is 8. The second-order valence-corrected chi connectivity index (χ2v) is 5.01. The van der Waals surface area contributed by atoms with Crippen LogP contribution in [0.1, 0.15) is 0 Å². The molecule has 7 heteroatoms. The minimum atomic E-state index is -0.149. The number of hydrogen-bond donors (Lipinski definition) is 7.